The molecule has 0 aromatic carbocycles. The Labute approximate surface area is 86.4 Å². The third-order valence-electron chi connectivity index (χ3n) is 2.18. The average Bonchev–Trinajstić information content (AvgIpc) is 1.95. The van der Waals surface area contributed by atoms with Crippen LogP contribution in [0.25, 0.3) is 0 Å². The fourth-order valence-corrected chi connectivity index (χ4v) is 0.737. The third kappa shape index (κ3) is 4.58. The first-order valence-electron chi connectivity index (χ1n) is 4.88. The number of hydrogen-bond acceptors (Lipinski definition) is 3. The van der Waals surface area contributed by atoms with Crippen molar-refractivity contribution in [1.29, 1.82) is 0 Å². The highest BCUT2D eigenvalue weighted by atomic mass is 16.2. The van der Waals surface area contributed by atoms with Crippen LogP contribution in [0, 0.1) is 5.41 Å². The first-order valence-corrected chi connectivity index (χ1v) is 4.88. The van der Waals surface area contributed by atoms with Gasteiger partial charge in [-0.25, -0.2) is 0 Å². The molecule has 0 saturated heterocycles. The highest BCUT2D eigenvalue weighted by Gasteiger charge is 2.25. The molecule has 0 bridgehead atoms. The Kier molecular flexibility index (Phi) is 4.09. The van der Waals surface area contributed by atoms with Gasteiger partial charge in [-0.05, 0) is 19.3 Å². The Bertz CT molecular complexity index is 200. The van der Waals surface area contributed by atoms with Gasteiger partial charge in [0.1, 0.15) is 0 Å². The van der Waals surface area contributed by atoms with Crippen LogP contribution in [0.3, 0.4) is 0 Å². The minimum atomic E-state index is -0.836. The van der Waals surface area contributed by atoms with Crippen molar-refractivity contribution in [2.24, 2.45) is 16.9 Å². The molecular formula is C10H23N3O. The molecule has 0 aliphatic rings. The summed E-state index contributed by atoms with van der Waals surface area (Å²) in [5.41, 5.74) is 10.7. The monoisotopic (exact) mass is 201 g/mol. The molecule has 84 valence electrons. The van der Waals surface area contributed by atoms with Gasteiger partial charge < -0.3 is 16.8 Å². The van der Waals surface area contributed by atoms with Crippen molar-refractivity contribution in [3.8, 4) is 0 Å². The van der Waals surface area contributed by atoms with E-state index in [0.717, 1.165) is 0 Å². The summed E-state index contributed by atoms with van der Waals surface area (Å²) < 4.78 is 0. The molecule has 0 rings (SSSR count). The van der Waals surface area contributed by atoms with E-state index in [1.165, 1.54) is 0 Å². The van der Waals surface area contributed by atoms with Crippen LogP contribution < -0.4 is 16.8 Å². The normalized spacial score (nSPS) is 15.1. The van der Waals surface area contributed by atoms with Gasteiger partial charge >= 0.3 is 0 Å². The predicted molar refractivity (Wildman–Crippen MR) is 58.7 cm³/mol. The van der Waals surface area contributed by atoms with Gasteiger partial charge in [0, 0.05) is 12.6 Å². The van der Waals surface area contributed by atoms with Crippen LogP contribution in [0.2, 0.25) is 0 Å². The lowest BCUT2D eigenvalue weighted by atomic mass is 9.87. The van der Waals surface area contributed by atoms with E-state index < -0.39 is 5.54 Å². The van der Waals surface area contributed by atoms with Gasteiger partial charge in [0.15, 0.2) is 0 Å². The van der Waals surface area contributed by atoms with Crippen molar-refractivity contribution in [2.45, 2.75) is 46.2 Å². The quantitative estimate of drug-likeness (QED) is 0.610. The second kappa shape index (κ2) is 4.28. The Hall–Kier alpha value is -0.610. The molecule has 0 aromatic heterocycles. The molecule has 1 atom stereocenters. The van der Waals surface area contributed by atoms with Crippen molar-refractivity contribution in [3.63, 3.8) is 0 Å². The topological polar surface area (TPSA) is 81.1 Å². The van der Waals surface area contributed by atoms with Crippen LogP contribution in [-0.2, 0) is 4.79 Å². The van der Waals surface area contributed by atoms with Gasteiger partial charge in [-0.1, -0.05) is 20.8 Å². The standard InChI is InChI=1S/C10H23N3O/c1-9(2,3)7(11)6-13-8(14)10(4,5)12/h7H,6,11-12H2,1-5H3,(H,13,14). The molecule has 0 aromatic rings. The van der Waals surface area contributed by atoms with Gasteiger partial charge in [0.25, 0.3) is 0 Å². The summed E-state index contributed by atoms with van der Waals surface area (Å²) >= 11 is 0. The highest BCUT2D eigenvalue weighted by molar-refractivity contribution is 5.85. The molecule has 0 radical (unpaired) electrons. The molecule has 14 heavy (non-hydrogen) atoms. The van der Waals surface area contributed by atoms with Gasteiger partial charge in [-0.15, -0.1) is 0 Å². The summed E-state index contributed by atoms with van der Waals surface area (Å²) in [5.74, 6) is -0.169. The van der Waals surface area contributed by atoms with Crippen molar-refractivity contribution in [1.82, 2.24) is 5.32 Å². The molecule has 0 saturated carbocycles. The highest BCUT2D eigenvalue weighted by Crippen LogP contribution is 2.16. The van der Waals surface area contributed by atoms with Crippen molar-refractivity contribution < 1.29 is 4.79 Å². The number of rotatable bonds is 3. The molecule has 0 aliphatic carbocycles. The molecule has 0 fully saturated rings. The van der Waals surface area contributed by atoms with E-state index in [4.69, 9.17) is 11.5 Å². The lowest BCUT2D eigenvalue weighted by molar-refractivity contribution is -0.125. The number of hydrogen-bond donors (Lipinski definition) is 3. The molecule has 1 unspecified atom stereocenters. The van der Waals surface area contributed by atoms with Crippen LogP contribution in [-0.4, -0.2) is 24.0 Å². The average molecular weight is 201 g/mol. The first-order chi connectivity index (χ1) is 6.05. The van der Waals surface area contributed by atoms with Crippen molar-refractivity contribution in [2.75, 3.05) is 6.54 Å². The van der Waals surface area contributed by atoms with E-state index in [2.05, 4.69) is 5.32 Å². The summed E-state index contributed by atoms with van der Waals surface area (Å²) in [7, 11) is 0. The minimum absolute atomic E-state index is 0.00792. The summed E-state index contributed by atoms with van der Waals surface area (Å²) in [5, 5.41) is 2.74. The summed E-state index contributed by atoms with van der Waals surface area (Å²) in [6, 6.07) is -0.0613. The van der Waals surface area contributed by atoms with Crippen LogP contribution in [0.15, 0.2) is 0 Å². The van der Waals surface area contributed by atoms with Gasteiger partial charge in [0.2, 0.25) is 5.91 Å². The molecule has 5 N–H and O–H groups in total. The van der Waals surface area contributed by atoms with Crippen molar-refractivity contribution in [3.05, 3.63) is 0 Å². The molecule has 4 nitrogen and oxygen atoms in total. The lowest BCUT2D eigenvalue weighted by Gasteiger charge is -2.28. The van der Waals surface area contributed by atoms with Gasteiger partial charge in [-0.2, -0.15) is 0 Å². The fraction of sp³-hybridized carbons (Fsp3) is 0.900. The molecule has 4 heteroatoms. The Morgan fingerprint density at radius 3 is 2.00 bits per heavy atom. The Balaban J connectivity index is 4.03. The second-order valence-electron chi connectivity index (χ2n) is 5.40. The second-order valence-corrected chi connectivity index (χ2v) is 5.40. The number of carbonyl (C=O) groups is 1. The maximum absolute atomic E-state index is 11.4. The molecule has 0 heterocycles. The summed E-state index contributed by atoms with van der Waals surface area (Å²) in [4.78, 5) is 11.4. The molecular weight excluding hydrogens is 178 g/mol. The number of nitrogens with two attached hydrogens (primary N) is 2. The van der Waals surface area contributed by atoms with E-state index in [0.29, 0.717) is 6.54 Å². The van der Waals surface area contributed by atoms with E-state index in [9.17, 15) is 4.79 Å². The van der Waals surface area contributed by atoms with E-state index in [1.807, 2.05) is 20.8 Å². The first kappa shape index (κ1) is 13.4. The molecule has 0 spiro atoms. The zero-order valence-electron chi connectivity index (χ0n) is 9.85. The van der Waals surface area contributed by atoms with Gasteiger partial charge in [-0.3, -0.25) is 4.79 Å². The molecule has 0 aliphatic heterocycles. The largest absolute Gasteiger partial charge is 0.353 e. The smallest absolute Gasteiger partial charge is 0.239 e. The van der Waals surface area contributed by atoms with E-state index in [-0.39, 0.29) is 17.4 Å². The SMILES string of the molecule is CC(C)(N)C(=O)NCC(N)C(C)(C)C. The van der Waals surface area contributed by atoms with Crippen LogP contribution in [0.4, 0.5) is 0 Å². The maximum atomic E-state index is 11.4. The minimum Gasteiger partial charge on any atom is -0.353 e. The lowest BCUT2D eigenvalue weighted by Crippen LogP contribution is -2.53. The zero-order valence-corrected chi connectivity index (χ0v) is 9.85. The van der Waals surface area contributed by atoms with Gasteiger partial charge in [0.05, 0.1) is 5.54 Å². The fourth-order valence-electron chi connectivity index (χ4n) is 0.737. The Morgan fingerprint density at radius 1 is 1.29 bits per heavy atom. The summed E-state index contributed by atoms with van der Waals surface area (Å²) in [6.07, 6.45) is 0. The summed E-state index contributed by atoms with van der Waals surface area (Å²) in [6.45, 7) is 9.92. The van der Waals surface area contributed by atoms with Crippen LogP contribution in [0.5, 0.6) is 0 Å². The Morgan fingerprint density at radius 2 is 1.71 bits per heavy atom. The third-order valence-corrected chi connectivity index (χ3v) is 2.18. The molecule has 1 amide bonds. The van der Waals surface area contributed by atoms with Crippen LogP contribution >= 0.6 is 0 Å². The van der Waals surface area contributed by atoms with Crippen molar-refractivity contribution >= 4 is 5.91 Å². The van der Waals surface area contributed by atoms with Crippen LogP contribution in [0.1, 0.15) is 34.6 Å². The number of amides is 1. The maximum Gasteiger partial charge on any atom is 0.239 e. The number of carbonyl (C=O) groups excluding carboxylic acids is 1. The predicted octanol–water partition coefficient (Wildman–Crippen LogP) is 0.213. The number of nitrogens with one attached hydrogen (secondary N) is 1. The van der Waals surface area contributed by atoms with E-state index >= 15 is 0 Å². The van der Waals surface area contributed by atoms with E-state index in [1.54, 1.807) is 13.8 Å². The zero-order chi connectivity index (χ0) is 11.6.